The number of hydrogen-bond acceptors (Lipinski definition) is 5. The Hall–Kier alpha value is -2.28. The number of hydrogen-bond donors (Lipinski definition) is 1. The SMILES string of the molecule is CCc1n[nH]c(CC2CCN(C(=O)CCc3nc4ccccc4s3)CC2)n1. The van der Waals surface area contributed by atoms with Gasteiger partial charge < -0.3 is 4.90 Å². The molecule has 1 aliphatic heterocycles. The highest BCUT2D eigenvalue weighted by atomic mass is 32.1. The summed E-state index contributed by atoms with van der Waals surface area (Å²) in [6.07, 6.45) is 5.14. The molecule has 3 aromatic rings. The van der Waals surface area contributed by atoms with E-state index in [1.165, 1.54) is 4.70 Å². The number of H-pyrrole nitrogens is 1. The molecule has 4 rings (SSSR count). The molecule has 0 spiro atoms. The topological polar surface area (TPSA) is 74.8 Å². The summed E-state index contributed by atoms with van der Waals surface area (Å²) in [4.78, 5) is 23.7. The third-order valence-electron chi connectivity index (χ3n) is 5.23. The molecule has 1 aliphatic rings. The molecule has 0 radical (unpaired) electrons. The molecule has 1 aromatic carbocycles. The summed E-state index contributed by atoms with van der Waals surface area (Å²) < 4.78 is 1.19. The molecule has 0 unspecified atom stereocenters. The second-order valence-corrected chi connectivity index (χ2v) is 8.27. The number of para-hydroxylation sites is 1. The van der Waals surface area contributed by atoms with Crippen molar-refractivity contribution in [3.8, 4) is 0 Å². The Kier molecular flexibility index (Phi) is 5.48. The van der Waals surface area contributed by atoms with Crippen LogP contribution in [0.3, 0.4) is 0 Å². The molecule has 1 amide bonds. The van der Waals surface area contributed by atoms with Crippen molar-refractivity contribution in [3.05, 3.63) is 40.9 Å². The normalized spacial score (nSPS) is 15.5. The molecule has 142 valence electrons. The molecule has 1 fully saturated rings. The zero-order valence-corrected chi connectivity index (χ0v) is 16.5. The quantitative estimate of drug-likeness (QED) is 0.708. The Morgan fingerprint density at radius 1 is 1.26 bits per heavy atom. The fourth-order valence-electron chi connectivity index (χ4n) is 3.64. The van der Waals surface area contributed by atoms with Crippen LogP contribution in [0.4, 0.5) is 0 Å². The van der Waals surface area contributed by atoms with Crippen LogP contribution in [0.15, 0.2) is 24.3 Å². The number of fused-ring (bicyclic) bond motifs is 1. The minimum atomic E-state index is 0.251. The lowest BCUT2D eigenvalue weighted by atomic mass is 9.93. The summed E-state index contributed by atoms with van der Waals surface area (Å²) >= 11 is 1.69. The number of likely N-dealkylation sites (tertiary alicyclic amines) is 1. The molecule has 0 bridgehead atoms. The van der Waals surface area contributed by atoms with E-state index in [9.17, 15) is 4.79 Å². The number of amides is 1. The van der Waals surface area contributed by atoms with Gasteiger partial charge >= 0.3 is 0 Å². The van der Waals surface area contributed by atoms with Gasteiger partial charge in [-0.25, -0.2) is 9.97 Å². The zero-order valence-electron chi connectivity index (χ0n) is 15.6. The van der Waals surface area contributed by atoms with E-state index in [2.05, 4.69) is 33.2 Å². The maximum atomic E-state index is 12.6. The lowest BCUT2D eigenvalue weighted by Crippen LogP contribution is -2.39. The van der Waals surface area contributed by atoms with Gasteiger partial charge in [-0.3, -0.25) is 9.89 Å². The lowest BCUT2D eigenvalue weighted by Gasteiger charge is -2.31. The highest BCUT2D eigenvalue weighted by Crippen LogP contribution is 2.24. The largest absolute Gasteiger partial charge is 0.343 e. The summed E-state index contributed by atoms with van der Waals surface area (Å²) in [6.45, 7) is 3.75. The summed E-state index contributed by atoms with van der Waals surface area (Å²) in [5.74, 6) is 2.69. The standard InChI is InChI=1S/C20H25N5OS/c1-2-17-22-18(24-23-17)13-14-9-11-25(12-10-14)20(26)8-7-19-21-15-5-3-4-6-16(15)27-19/h3-6,14H,2,7-13H2,1H3,(H,22,23,24). The predicted octanol–water partition coefficient (Wildman–Crippen LogP) is 3.39. The van der Waals surface area contributed by atoms with E-state index >= 15 is 0 Å². The van der Waals surface area contributed by atoms with E-state index in [1.54, 1.807) is 11.3 Å². The van der Waals surface area contributed by atoms with E-state index in [0.717, 1.165) is 67.4 Å². The molecular weight excluding hydrogens is 358 g/mol. The van der Waals surface area contributed by atoms with E-state index < -0.39 is 0 Å². The van der Waals surface area contributed by atoms with Gasteiger partial charge in [0.05, 0.1) is 15.2 Å². The number of aryl methyl sites for hydroxylation is 2. The minimum Gasteiger partial charge on any atom is -0.343 e. The first-order valence-electron chi connectivity index (χ1n) is 9.73. The Balaban J connectivity index is 1.24. The number of thiazole rings is 1. The maximum absolute atomic E-state index is 12.6. The van der Waals surface area contributed by atoms with Crippen LogP contribution >= 0.6 is 11.3 Å². The second kappa shape index (κ2) is 8.17. The van der Waals surface area contributed by atoms with Crippen LogP contribution in [0.5, 0.6) is 0 Å². The highest BCUT2D eigenvalue weighted by Gasteiger charge is 2.23. The van der Waals surface area contributed by atoms with E-state index in [-0.39, 0.29) is 5.91 Å². The number of carbonyl (C=O) groups is 1. The van der Waals surface area contributed by atoms with Crippen LogP contribution < -0.4 is 0 Å². The summed E-state index contributed by atoms with van der Waals surface area (Å²) in [6, 6.07) is 8.14. The Morgan fingerprint density at radius 2 is 2.07 bits per heavy atom. The molecular formula is C20H25N5OS. The van der Waals surface area contributed by atoms with Crippen LogP contribution in [-0.2, 0) is 24.1 Å². The Labute approximate surface area is 163 Å². The van der Waals surface area contributed by atoms with Gasteiger partial charge in [-0.15, -0.1) is 11.3 Å². The molecule has 0 aliphatic carbocycles. The number of aromatic amines is 1. The van der Waals surface area contributed by atoms with Crippen molar-refractivity contribution in [2.45, 2.75) is 45.4 Å². The molecule has 6 nitrogen and oxygen atoms in total. The van der Waals surface area contributed by atoms with Gasteiger partial charge in [0.25, 0.3) is 0 Å². The predicted molar refractivity (Wildman–Crippen MR) is 107 cm³/mol. The van der Waals surface area contributed by atoms with E-state index in [4.69, 9.17) is 0 Å². The van der Waals surface area contributed by atoms with Gasteiger partial charge in [-0.05, 0) is 30.9 Å². The van der Waals surface area contributed by atoms with Crippen molar-refractivity contribution in [1.29, 1.82) is 0 Å². The first kappa shape index (κ1) is 18.1. The Morgan fingerprint density at radius 3 is 2.81 bits per heavy atom. The molecule has 3 heterocycles. The average molecular weight is 384 g/mol. The van der Waals surface area contributed by atoms with Crippen LogP contribution in [0.1, 0.15) is 42.8 Å². The van der Waals surface area contributed by atoms with Crippen molar-refractivity contribution < 1.29 is 4.79 Å². The number of benzene rings is 1. The average Bonchev–Trinajstić information content (AvgIpc) is 3.32. The fraction of sp³-hybridized carbons (Fsp3) is 0.500. The van der Waals surface area contributed by atoms with E-state index in [0.29, 0.717) is 12.3 Å². The maximum Gasteiger partial charge on any atom is 0.222 e. The number of nitrogens with zero attached hydrogens (tertiary/aromatic N) is 4. The van der Waals surface area contributed by atoms with E-state index in [1.807, 2.05) is 23.1 Å². The molecule has 27 heavy (non-hydrogen) atoms. The summed E-state index contributed by atoms with van der Waals surface area (Å²) in [5.41, 5.74) is 1.03. The first-order valence-corrected chi connectivity index (χ1v) is 10.5. The second-order valence-electron chi connectivity index (χ2n) is 7.16. The van der Waals surface area contributed by atoms with Gasteiger partial charge in [-0.1, -0.05) is 19.1 Å². The van der Waals surface area contributed by atoms with Gasteiger partial charge in [0, 0.05) is 38.8 Å². The number of piperidine rings is 1. The molecule has 1 saturated heterocycles. The molecule has 7 heteroatoms. The smallest absolute Gasteiger partial charge is 0.222 e. The fourth-order valence-corrected chi connectivity index (χ4v) is 4.61. The van der Waals surface area contributed by atoms with Crippen LogP contribution in [-0.4, -0.2) is 44.1 Å². The van der Waals surface area contributed by atoms with Crippen molar-refractivity contribution in [2.24, 2.45) is 5.92 Å². The number of rotatable bonds is 6. The van der Waals surface area contributed by atoms with Crippen LogP contribution in [0, 0.1) is 5.92 Å². The molecule has 1 N–H and O–H groups in total. The Bertz CT molecular complexity index is 877. The lowest BCUT2D eigenvalue weighted by molar-refractivity contribution is -0.132. The van der Waals surface area contributed by atoms with Gasteiger partial charge in [0.1, 0.15) is 11.6 Å². The number of carbonyl (C=O) groups excluding carboxylic acids is 1. The minimum absolute atomic E-state index is 0.251. The van der Waals surface area contributed by atoms with Crippen molar-refractivity contribution in [2.75, 3.05) is 13.1 Å². The number of aromatic nitrogens is 4. The molecule has 0 saturated carbocycles. The third kappa shape index (κ3) is 4.35. The van der Waals surface area contributed by atoms with Crippen molar-refractivity contribution in [1.82, 2.24) is 25.1 Å². The highest BCUT2D eigenvalue weighted by molar-refractivity contribution is 7.18. The zero-order chi connectivity index (χ0) is 18.6. The van der Waals surface area contributed by atoms with Gasteiger partial charge in [-0.2, -0.15) is 5.10 Å². The monoisotopic (exact) mass is 383 g/mol. The van der Waals surface area contributed by atoms with Crippen LogP contribution in [0.2, 0.25) is 0 Å². The molecule has 2 aromatic heterocycles. The van der Waals surface area contributed by atoms with Crippen LogP contribution in [0.25, 0.3) is 10.2 Å². The first-order chi connectivity index (χ1) is 13.2. The summed E-state index contributed by atoms with van der Waals surface area (Å²) in [7, 11) is 0. The van der Waals surface area contributed by atoms with Gasteiger partial charge in [0.15, 0.2) is 0 Å². The third-order valence-corrected chi connectivity index (χ3v) is 6.33. The van der Waals surface area contributed by atoms with Gasteiger partial charge in [0.2, 0.25) is 5.91 Å². The van der Waals surface area contributed by atoms with Crippen molar-refractivity contribution in [3.63, 3.8) is 0 Å². The summed E-state index contributed by atoms with van der Waals surface area (Å²) in [5, 5.41) is 8.30. The molecule has 0 atom stereocenters. The number of nitrogens with one attached hydrogen (secondary N) is 1. The van der Waals surface area contributed by atoms with Crippen molar-refractivity contribution >= 4 is 27.5 Å².